The molecule has 2 aliphatic carbocycles. The first-order chi connectivity index (χ1) is 14.9. The van der Waals surface area contributed by atoms with Crippen molar-refractivity contribution in [3.63, 3.8) is 0 Å². The average molecular weight is 429 g/mol. The lowest BCUT2D eigenvalue weighted by Crippen LogP contribution is -2.58. The Kier molecular flexibility index (Phi) is 5.34. The van der Waals surface area contributed by atoms with E-state index in [1.165, 1.54) is 23.9 Å². The molecular formula is C22H32N6O3. The van der Waals surface area contributed by atoms with Crippen molar-refractivity contribution in [2.45, 2.75) is 88.9 Å². The molecule has 9 heteroatoms. The molecule has 0 radical (unpaired) electrons. The molecule has 2 atom stereocenters. The molecule has 3 aliphatic rings. The summed E-state index contributed by atoms with van der Waals surface area (Å²) >= 11 is 0. The van der Waals surface area contributed by atoms with Crippen LogP contribution in [0.15, 0.2) is 10.9 Å². The topological polar surface area (TPSA) is 105 Å². The summed E-state index contributed by atoms with van der Waals surface area (Å²) in [6.07, 6.45) is 5.95. The largest absolute Gasteiger partial charge is 0.391 e. The molecule has 1 amide bonds. The van der Waals surface area contributed by atoms with Crippen LogP contribution in [0.4, 0.5) is 0 Å². The van der Waals surface area contributed by atoms with Crippen molar-refractivity contribution < 1.29 is 9.90 Å². The number of amides is 1. The van der Waals surface area contributed by atoms with Gasteiger partial charge in [0.2, 0.25) is 5.91 Å². The van der Waals surface area contributed by atoms with Crippen LogP contribution in [0.2, 0.25) is 0 Å². The molecule has 2 saturated carbocycles. The number of nitrogens with zero attached hydrogens (tertiary/aromatic N) is 5. The Morgan fingerprint density at radius 1 is 1.23 bits per heavy atom. The van der Waals surface area contributed by atoms with Gasteiger partial charge in [0, 0.05) is 31.0 Å². The fraction of sp³-hybridized carbons (Fsp3) is 0.727. The van der Waals surface area contributed by atoms with Crippen molar-refractivity contribution in [3.05, 3.63) is 27.9 Å². The predicted molar refractivity (Wildman–Crippen MR) is 115 cm³/mol. The number of hydrogen-bond acceptors (Lipinski definition) is 6. The van der Waals surface area contributed by atoms with Crippen LogP contribution in [0.5, 0.6) is 0 Å². The van der Waals surface area contributed by atoms with Crippen molar-refractivity contribution in [3.8, 4) is 0 Å². The molecule has 2 N–H and O–H groups in total. The number of likely N-dealkylation sites (tertiary alicyclic amines) is 1. The van der Waals surface area contributed by atoms with Gasteiger partial charge in [-0.1, -0.05) is 20.3 Å². The van der Waals surface area contributed by atoms with E-state index in [0.717, 1.165) is 25.1 Å². The van der Waals surface area contributed by atoms with E-state index < -0.39 is 6.10 Å². The minimum absolute atomic E-state index is 0.0561. The summed E-state index contributed by atoms with van der Waals surface area (Å²) in [5, 5.41) is 22.5. The van der Waals surface area contributed by atoms with Crippen molar-refractivity contribution in [1.82, 2.24) is 29.6 Å². The molecular weight excluding hydrogens is 396 g/mol. The normalized spacial score (nSPS) is 25.2. The number of nitrogens with one attached hydrogen (secondary N) is 1. The van der Waals surface area contributed by atoms with Gasteiger partial charge in [-0.2, -0.15) is 10.2 Å². The van der Waals surface area contributed by atoms with Crippen LogP contribution in [-0.2, 0) is 11.3 Å². The van der Waals surface area contributed by atoms with Gasteiger partial charge < -0.3 is 10.4 Å². The molecule has 3 heterocycles. The Bertz CT molecular complexity index is 1040. The van der Waals surface area contributed by atoms with Gasteiger partial charge in [0.05, 0.1) is 17.8 Å². The maximum Gasteiger partial charge on any atom is 0.293 e. The van der Waals surface area contributed by atoms with E-state index >= 15 is 0 Å². The second kappa shape index (κ2) is 8.02. The molecule has 3 fully saturated rings. The summed E-state index contributed by atoms with van der Waals surface area (Å²) in [5.74, 6) is 0.862. The molecule has 2 aromatic rings. The highest BCUT2D eigenvalue weighted by Crippen LogP contribution is 2.39. The smallest absolute Gasteiger partial charge is 0.293 e. The van der Waals surface area contributed by atoms with E-state index in [1.54, 1.807) is 4.52 Å². The zero-order valence-electron chi connectivity index (χ0n) is 18.3. The molecule has 31 heavy (non-hydrogen) atoms. The molecule has 0 aromatic carbocycles. The molecule has 168 valence electrons. The number of aromatic nitrogens is 4. The summed E-state index contributed by atoms with van der Waals surface area (Å²) in [7, 11) is 0. The molecule has 1 saturated heterocycles. The molecule has 0 unspecified atom stereocenters. The first-order valence-corrected chi connectivity index (χ1v) is 11.6. The second-order valence-electron chi connectivity index (χ2n) is 9.73. The van der Waals surface area contributed by atoms with Crippen LogP contribution in [-0.4, -0.2) is 66.6 Å². The highest BCUT2D eigenvalue weighted by molar-refractivity contribution is 5.76. The number of piperidine rings is 1. The first-order valence-electron chi connectivity index (χ1n) is 11.6. The highest BCUT2D eigenvalue weighted by atomic mass is 16.3. The van der Waals surface area contributed by atoms with E-state index in [-0.39, 0.29) is 30.0 Å². The minimum atomic E-state index is -0.561. The van der Waals surface area contributed by atoms with E-state index in [4.69, 9.17) is 0 Å². The SMILES string of the molecule is CC(C)c1nn(CC(=O)N[C@H]2CN(C3CCC3)CC[C@H]2O)c(=O)c2cc(C3CC3)nn12. The number of aliphatic hydroxyl groups is 1. The third-order valence-electron chi connectivity index (χ3n) is 6.97. The van der Waals surface area contributed by atoms with E-state index in [9.17, 15) is 14.7 Å². The van der Waals surface area contributed by atoms with Crippen LogP contribution in [0.25, 0.3) is 5.52 Å². The lowest BCUT2D eigenvalue weighted by atomic mass is 9.89. The lowest BCUT2D eigenvalue weighted by Gasteiger charge is -2.44. The Morgan fingerprint density at radius 2 is 2.00 bits per heavy atom. The summed E-state index contributed by atoms with van der Waals surface area (Å²) in [4.78, 5) is 28.2. The van der Waals surface area contributed by atoms with Crippen molar-refractivity contribution in [1.29, 1.82) is 0 Å². The van der Waals surface area contributed by atoms with Crippen LogP contribution in [0, 0.1) is 0 Å². The molecule has 2 aromatic heterocycles. The van der Waals surface area contributed by atoms with Crippen LogP contribution < -0.4 is 10.9 Å². The maximum absolute atomic E-state index is 13.0. The Hall–Kier alpha value is -2.26. The van der Waals surface area contributed by atoms with Gasteiger partial charge >= 0.3 is 0 Å². The quantitative estimate of drug-likeness (QED) is 0.711. The van der Waals surface area contributed by atoms with Crippen molar-refractivity contribution in [2.75, 3.05) is 13.1 Å². The van der Waals surface area contributed by atoms with Gasteiger partial charge in [-0.3, -0.25) is 14.5 Å². The van der Waals surface area contributed by atoms with Crippen LogP contribution in [0.3, 0.4) is 0 Å². The summed E-state index contributed by atoms with van der Waals surface area (Å²) in [6.45, 7) is 5.37. The van der Waals surface area contributed by atoms with Gasteiger partial charge in [-0.05, 0) is 38.2 Å². The van der Waals surface area contributed by atoms with Gasteiger partial charge in [0.15, 0.2) is 5.82 Å². The first kappa shape index (κ1) is 20.6. The standard InChI is InChI=1S/C22H32N6O3/c1-13(2)21-25-27(22(31)18-10-16(14-6-7-14)24-28(18)21)12-20(30)23-17-11-26(9-8-19(17)29)15-4-3-5-15/h10,13-15,17,19,29H,3-9,11-12H2,1-2H3,(H,23,30)/t17-,19+/m0/s1. The summed E-state index contributed by atoms with van der Waals surface area (Å²) in [5.41, 5.74) is 1.10. The molecule has 0 bridgehead atoms. The van der Waals surface area contributed by atoms with E-state index in [2.05, 4.69) is 20.4 Å². The number of rotatable bonds is 6. The minimum Gasteiger partial charge on any atom is -0.391 e. The van der Waals surface area contributed by atoms with E-state index in [1.807, 2.05) is 19.9 Å². The third-order valence-corrected chi connectivity index (χ3v) is 6.97. The number of aliphatic hydroxyl groups excluding tert-OH is 1. The zero-order chi connectivity index (χ0) is 21.7. The fourth-order valence-corrected chi connectivity index (χ4v) is 4.69. The number of hydrogen-bond donors (Lipinski definition) is 2. The number of carbonyl (C=O) groups is 1. The van der Waals surface area contributed by atoms with Gasteiger partial charge in [-0.15, -0.1) is 0 Å². The summed E-state index contributed by atoms with van der Waals surface area (Å²) < 4.78 is 2.90. The molecule has 0 spiro atoms. The van der Waals surface area contributed by atoms with Crippen LogP contribution >= 0.6 is 0 Å². The predicted octanol–water partition coefficient (Wildman–Crippen LogP) is 0.996. The lowest BCUT2D eigenvalue weighted by molar-refractivity contribution is -0.124. The van der Waals surface area contributed by atoms with E-state index in [0.29, 0.717) is 36.3 Å². The van der Waals surface area contributed by atoms with Crippen molar-refractivity contribution >= 4 is 11.4 Å². The molecule has 1 aliphatic heterocycles. The molecule has 5 rings (SSSR count). The number of fused-ring (bicyclic) bond motifs is 1. The highest BCUT2D eigenvalue weighted by Gasteiger charge is 2.34. The van der Waals surface area contributed by atoms with Gasteiger partial charge in [0.25, 0.3) is 5.56 Å². The Morgan fingerprint density at radius 3 is 2.65 bits per heavy atom. The Balaban J connectivity index is 1.35. The fourth-order valence-electron chi connectivity index (χ4n) is 4.69. The number of carbonyl (C=O) groups excluding carboxylic acids is 1. The van der Waals surface area contributed by atoms with Gasteiger partial charge in [-0.25, -0.2) is 9.20 Å². The van der Waals surface area contributed by atoms with Crippen LogP contribution in [0.1, 0.15) is 75.7 Å². The monoisotopic (exact) mass is 428 g/mol. The summed E-state index contributed by atoms with van der Waals surface area (Å²) in [6, 6.07) is 2.11. The third kappa shape index (κ3) is 4.01. The Labute approximate surface area is 181 Å². The second-order valence-corrected chi connectivity index (χ2v) is 9.73. The average Bonchev–Trinajstić information content (AvgIpc) is 3.43. The maximum atomic E-state index is 13.0. The van der Waals surface area contributed by atoms with Gasteiger partial charge in [0.1, 0.15) is 12.1 Å². The van der Waals surface area contributed by atoms with Crippen molar-refractivity contribution in [2.24, 2.45) is 0 Å². The molecule has 9 nitrogen and oxygen atoms in total. The zero-order valence-corrected chi connectivity index (χ0v) is 18.3.